The van der Waals surface area contributed by atoms with Gasteiger partial charge in [-0.2, -0.15) is 0 Å². The molecular formula is C9H12F2N2. The van der Waals surface area contributed by atoms with Gasteiger partial charge in [0.2, 0.25) is 0 Å². The maximum Gasteiger partial charge on any atom is 0.126 e. The highest BCUT2D eigenvalue weighted by atomic mass is 19.1. The highest BCUT2D eigenvalue weighted by molar-refractivity contribution is 5.17. The Kier molecular flexibility index (Phi) is 3.33. The van der Waals surface area contributed by atoms with Crippen molar-refractivity contribution in [2.45, 2.75) is 6.54 Å². The Balaban J connectivity index is 2.66. The second kappa shape index (κ2) is 4.30. The zero-order chi connectivity index (χ0) is 9.84. The van der Waals surface area contributed by atoms with E-state index in [0.717, 1.165) is 6.07 Å². The molecule has 0 radical (unpaired) electrons. The molecule has 13 heavy (non-hydrogen) atoms. The van der Waals surface area contributed by atoms with E-state index in [0.29, 0.717) is 12.1 Å². The van der Waals surface area contributed by atoms with Crippen molar-refractivity contribution in [3.63, 3.8) is 0 Å². The van der Waals surface area contributed by atoms with E-state index in [4.69, 9.17) is 0 Å². The van der Waals surface area contributed by atoms with Gasteiger partial charge in [-0.15, -0.1) is 0 Å². The Labute approximate surface area is 76.1 Å². The number of hydrazine groups is 1. The van der Waals surface area contributed by atoms with E-state index in [1.54, 1.807) is 5.01 Å². The Hall–Kier alpha value is -1.00. The van der Waals surface area contributed by atoms with Gasteiger partial charge in [-0.1, -0.05) is 0 Å². The molecule has 0 amide bonds. The Morgan fingerprint density at radius 3 is 2.15 bits per heavy atom. The third-order valence-electron chi connectivity index (χ3n) is 1.52. The van der Waals surface area contributed by atoms with Gasteiger partial charge in [-0.25, -0.2) is 8.78 Å². The molecule has 0 atom stereocenters. The van der Waals surface area contributed by atoms with Crippen LogP contribution >= 0.6 is 0 Å². The highest BCUT2D eigenvalue weighted by Gasteiger charge is 2.00. The number of benzene rings is 1. The predicted molar refractivity (Wildman–Crippen MR) is 46.9 cm³/mol. The number of nitrogens with one attached hydrogen (secondary N) is 1. The van der Waals surface area contributed by atoms with Crippen LogP contribution in [-0.2, 0) is 6.54 Å². The van der Waals surface area contributed by atoms with E-state index in [-0.39, 0.29) is 0 Å². The molecule has 1 rings (SSSR count). The van der Waals surface area contributed by atoms with E-state index >= 15 is 0 Å². The monoisotopic (exact) mass is 186 g/mol. The molecule has 0 aromatic heterocycles. The number of hydrogen-bond donors (Lipinski definition) is 1. The van der Waals surface area contributed by atoms with E-state index in [1.807, 2.05) is 14.1 Å². The van der Waals surface area contributed by atoms with Crippen LogP contribution in [0.3, 0.4) is 0 Å². The van der Waals surface area contributed by atoms with Crippen molar-refractivity contribution < 1.29 is 8.78 Å². The minimum atomic E-state index is -0.546. The average Bonchev–Trinajstić information content (AvgIpc) is 1.99. The van der Waals surface area contributed by atoms with Gasteiger partial charge >= 0.3 is 0 Å². The van der Waals surface area contributed by atoms with E-state index in [9.17, 15) is 8.78 Å². The van der Waals surface area contributed by atoms with Crippen LogP contribution in [0.15, 0.2) is 18.2 Å². The van der Waals surface area contributed by atoms with Crippen molar-refractivity contribution in [1.82, 2.24) is 10.4 Å². The zero-order valence-electron chi connectivity index (χ0n) is 7.64. The first-order chi connectivity index (χ1) is 6.08. The predicted octanol–water partition coefficient (Wildman–Crippen LogP) is 1.53. The molecule has 0 aliphatic carbocycles. The molecule has 1 aromatic rings. The Bertz CT molecular complexity index is 267. The maximum atomic E-state index is 12.7. The molecule has 1 N–H and O–H groups in total. The number of halogens is 2. The van der Waals surface area contributed by atoms with Gasteiger partial charge in [0.15, 0.2) is 0 Å². The molecule has 0 fully saturated rings. The standard InChI is InChI=1S/C9H12F2N2/c1-13(2)12-6-7-3-8(10)5-9(11)4-7/h3-5,12H,6H2,1-2H3. The fourth-order valence-corrected chi connectivity index (χ4v) is 0.962. The van der Waals surface area contributed by atoms with Gasteiger partial charge in [0.25, 0.3) is 0 Å². The van der Waals surface area contributed by atoms with Crippen molar-refractivity contribution >= 4 is 0 Å². The zero-order valence-corrected chi connectivity index (χ0v) is 7.64. The summed E-state index contributed by atoms with van der Waals surface area (Å²) in [6.45, 7) is 0.418. The molecule has 0 aliphatic heterocycles. The lowest BCUT2D eigenvalue weighted by atomic mass is 10.2. The summed E-state index contributed by atoms with van der Waals surface area (Å²) in [6, 6.07) is 3.47. The van der Waals surface area contributed by atoms with Gasteiger partial charge in [-0.05, 0) is 17.7 Å². The summed E-state index contributed by atoms with van der Waals surface area (Å²) in [5.74, 6) is -1.09. The van der Waals surface area contributed by atoms with Crippen LogP contribution in [0, 0.1) is 11.6 Å². The molecule has 0 heterocycles. The highest BCUT2D eigenvalue weighted by Crippen LogP contribution is 2.07. The van der Waals surface area contributed by atoms with Gasteiger partial charge in [0, 0.05) is 26.7 Å². The summed E-state index contributed by atoms with van der Waals surface area (Å²) >= 11 is 0. The number of nitrogens with zero attached hydrogens (tertiary/aromatic N) is 1. The molecule has 0 aliphatic rings. The van der Waals surface area contributed by atoms with Crippen molar-refractivity contribution in [1.29, 1.82) is 0 Å². The summed E-state index contributed by atoms with van der Waals surface area (Å²) in [4.78, 5) is 0. The average molecular weight is 186 g/mol. The minimum absolute atomic E-state index is 0.418. The molecular weight excluding hydrogens is 174 g/mol. The van der Waals surface area contributed by atoms with Crippen LogP contribution in [0.5, 0.6) is 0 Å². The maximum absolute atomic E-state index is 12.7. The molecule has 0 saturated heterocycles. The largest absolute Gasteiger partial charge is 0.251 e. The lowest BCUT2D eigenvalue weighted by molar-refractivity contribution is 0.285. The van der Waals surface area contributed by atoms with E-state index in [1.165, 1.54) is 12.1 Å². The van der Waals surface area contributed by atoms with Crippen LogP contribution in [-0.4, -0.2) is 19.1 Å². The third kappa shape index (κ3) is 3.48. The molecule has 0 bridgehead atoms. The molecule has 4 heteroatoms. The van der Waals surface area contributed by atoms with Crippen LogP contribution in [0.2, 0.25) is 0 Å². The second-order valence-corrected chi connectivity index (χ2v) is 3.01. The van der Waals surface area contributed by atoms with E-state index in [2.05, 4.69) is 5.43 Å². The third-order valence-corrected chi connectivity index (χ3v) is 1.52. The lowest BCUT2D eigenvalue weighted by Gasteiger charge is -2.11. The van der Waals surface area contributed by atoms with Crippen LogP contribution in [0.25, 0.3) is 0 Å². The second-order valence-electron chi connectivity index (χ2n) is 3.01. The van der Waals surface area contributed by atoms with Crippen molar-refractivity contribution in [2.24, 2.45) is 0 Å². The molecule has 2 nitrogen and oxygen atoms in total. The van der Waals surface area contributed by atoms with Gasteiger partial charge < -0.3 is 0 Å². The summed E-state index contributed by atoms with van der Waals surface area (Å²) in [5, 5.41) is 1.73. The smallest absolute Gasteiger partial charge is 0.126 e. The lowest BCUT2D eigenvalue weighted by Crippen LogP contribution is -2.29. The topological polar surface area (TPSA) is 15.3 Å². The molecule has 0 unspecified atom stereocenters. The van der Waals surface area contributed by atoms with Crippen molar-refractivity contribution in [2.75, 3.05) is 14.1 Å². The minimum Gasteiger partial charge on any atom is -0.251 e. The molecule has 1 aromatic carbocycles. The van der Waals surface area contributed by atoms with Gasteiger partial charge in [0.05, 0.1) is 0 Å². The van der Waals surface area contributed by atoms with E-state index < -0.39 is 11.6 Å². The normalized spacial score (nSPS) is 10.8. The number of rotatable bonds is 3. The summed E-state index contributed by atoms with van der Waals surface area (Å²) < 4.78 is 25.3. The summed E-state index contributed by atoms with van der Waals surface area (Å²) in [5.41, 5.74) is 3.51. The first-order valence-electron chi connectivity index (χ1n) is 3.94. The van der Waals surface area contributed by atoms with Gasteiger partial charge in [0.1, 0.15) is 11.6 Å². The molecule has 0 saturated carbocycles. The fourth-order valence-electron chi connectivity index (χ4n) is 0.962. The van der Waals surface area contributed by atoms with Crippen LogP contribution in [0.1, 0.15) is 5.56 Å². The summed E-state index contributed by atoms with van der Waals surface area (Å²) in [6.07, 6.45) is 0. The van der Waals surface area contributed by atoms with Crippen molar-refractivity contribution in [3.05, 3.63) is 35.4 Å². The Morgan fingerprint density at radius 2 is 1.69 bits per heavy atom. The van der Waals surface area contributed by atoms with Crippen LogP contribution in [0.4, 0.5) is 8.78 Å². The van der Waals surface area contributed by atoms with Gasteiger partial charge in [-0.3, -0.25) is 10.4 Å². The first-order valence-corrected chi connectivity index (χ1v) is 3.94. The fraction of sp³-hybridized carbons (Fsp3) is 0.333. The van der Waals surface area contributed by atoms with Crippen LogP contribution < -0.4 is 5.43 Å². The summed E-state index contributed by atoms with van der Waals surface area (Å²) in [7, 11) is 3.63. The Morgan fingerprint density at radius 1 is 1.15 bits per heavy atom. The molecule has 0 spiro atoms. The quantitative estimate of drug-likeness (QED) is 0.720. The number of hydrogen-bond acceptors (Lipinski definition) is 2. The van der Waals surface area contributed by atoms with Crippen molar-refractivity contribution in [3.8, 4) is 0 Å². The SMILES string of the molecule is CN(C)NCc1cc(F)cc(F)c1. The first kappa shape index (κ1) is 10.1. The molecule has 72 valence electrons.